The molecule has 0 spiro atoms. The van der Waals surface area contributed by atoms with Crippen LogP contribution in [0.2, 0.25) is 0 Å². The van der Waals surface area contributed by atoms with Crippen molar-refractivity contribution in [3.05, 3.63) is 176 Å². The van der Waals surface area contributed by atoms with Crippen LogP contribution >= 0.6 is 0 Å². The Morgan fingerprint density at radius 1 is 0.314 bits per heavy atom. The maximum Gasteiger partial charge on any atom is 0.164 e. The molecule has 0 fully saturated rings. The highest BCUT2D eigenvalue weighted by atomic mass is 16.3. The van der Waals surface area contributed by atoms with Crippen LogP contribution in [0.5, 0.6) is 0 Å². The predicted molar refractivity (Wildman–Crippen MR) is 209 cm³/mol. The van der Waals surface area contributed by atoms with Crippen molar-refractivity contribution >= 4 is 43.5 Å². The molecule has 0 saturated heterocycles. The molecule has 0 aliphatic carbocycles. The first-order valence-corrected chi connectivity index (χ1v) is 17.1. The van der Waals surface area contributed by atoms with E-state index in [1.807, 2.05) is 36.4 Å². The minimum Gasteiger partial charge on any atom is -0.456 e. The Morgan fingerprint density at radius 2 is 0.863 bits per heavy atom. The highest BCUT2D eigenvalue weighted by molar-refractivity contribution is 6.22. The number of furan rings is 1. The lowest BCUT2D eigenvalue weighted by Crippen LogP contribution is -2.01. The molecule has 0 radical (unpaired) electrons. The largest absolute Gasteiger partial charge is 0.456 e. The molecule has 2 aromatic heterocycles. The van der Waals surface area contributed by atoms with Gasteiger partial charge < -0.3 is 4.42 Å². The molecule has 51 heavy (non-hydrogen) atoms. The average Bonchev–Trinajstić information content (AvgIpc) is 3.59. The third-order valence-electron chi connectivity index (χ3n) is 9.74. The summed E-state index contributed by atoms with van der Waals surface area (Å²) in [6, 6.07) is 61.0. The fraction of sp³-hybridized carbons (Fsp3) is 0. The zero-order valence-electron chi connectivity index (χ0n) is 27.5. The number of benzene rings is 8. The zero-order valence-corrected chi connectivity index (χ0v) is 27.5. The third-order valence-corrected chi connectivity index (χ3v) is 9.74. The minimum atomic E-state index is 0.601. The second-order valence-corrected chi connectivity index (χ2v) is 12.8. The first-order chi connectivity index (χ1) is 25.3. The van der Waals surface area contributed by atoms with E-state index in [1.54, 1.807) is 0 Å². The first-order valence-electron chi connectivity index (χ1n) is 17.1. The summed E-state index contributed by atoms with van der Waals surface area (Å²) < 4.78 is 6.61. The molecule has 8 aromatic carbocycles. The van der Waals surface area contributed by atoms with Gasteiger partial charge in [-0.1, -0.05) is 158 Å². The molecule has 2 heterocycles. The lowest BCUT2D eigenvalue weighted by Gasteiger charge is -2.12. The van der Waals surface area contributed by atoms with Gasteiger partial charge in [0.05, 0.1) is 0 Å². The minimum absolute atomic E-state index is 0.601. The number of rotatable bonds is 5. The highest BCUT2D eigenvalue weighted by Gasteiger charge is 2.20. The van der Waals surface area contributed by atoms with Crippen molar-refractivity contribution in [3.63, 3.8) is 0 Å². The summed E-state index contributed by atoms with van der Waals surface area (Å²) in [6.07, 6.45) is 0. The molecule has 0 atom stereocenters. The van der Waals surface area contributed by atoms with Gasteiger partial charge in [-0.15, -0.1) is 0 Å². The molecule has 4 nitrogen and oxygen atoms in total. The quantitative estimate of drug-likeness (QED) is 0.186. The van der Waals surface area contributed by atoms with Crippen LogP contribution in [0.4, 0.5) is 0 Å². The predicted octanol–water partition coefficient (Wildman–Crippen LogP) is 12.4. The van der Waals surface area contributed by atoms with Gasteiger partial charge in [0.2, 0.25) is 0 Å². The Kier molecular flexibility index (Phi) is 6.78. The van der Waals surface area contributed by atoms with Gasteiger partial charge in [0.15, 0.2) is 17.5 Å². The molecule has 0 N–H and O–H groups in total. The first kappa shape index (κ1) is 29.0. The van der Waals surface area contributed by atoms with Gasteiger partial charge in [-0.2, -0.15) is 0 Å². The van der Waals surface area contributed by atoms with Gasteiger partial charge in [-0.05, 0) is 62.0 Å². The van der Waals surface area contributed by atoms with E-state index in [2.05, 4.69) is 140 Å². The van der Waals surface area contributed by atoms with Gasteiger partial charge in [0, 0.05) is 27.5 Å². The fourth-order valence-corrected chi connectivity index (χ4v) is 7.24. The van der Waals surface area contributed by atoms with Crippen molar-refractivity contribution in [2.24, 2.45) is 0 Å². The van der Waals surface area contributed by atoms with E-state index in [0.717, 1.165) is 71.3 Å². The maximum absolute atomic E-state index is 6.61. The Balaban J connectivity index is 1.16. The standard InChI is InChI=1S/C47H29N3O/c1-3-12-30(13-4-1)31-22-24-32(25-23-31)35-26-27-42-41(28-35)44-38-20-10-9-19-37(38)40(29-43(44)51-42)47-49-45(34-15-5-2-6-16-34)48-46(50-47)39-21-11-17-33-14-7-8-18-36(33)39/h1-29H. The summed E-state index contributed by atoms with van der Waals surface area (Å²) in [5.41, 5.74) is 9.14. The van der Waals surface area contributed by atoms with Crippen LogP contribution in [0.3, 0.4) is 0 Å². The number of hydrogen-bond donors (Lipinski definition) is 0. The van der Waals surface area contributed by atoms with Crippen molar-refractivity contribution in [2.75, 3.05) is 0 Å². The molecule has 0 aliphatic rings. The van der Waals surface area contributed by atoms with Gasteiger partial charge in [0.25, 0.3) is 0 Å². The van der Waals surface area contributed by atoms with E-state index >= 15 is 0 Å². The van der Waals surface area contributed by atoms with Crippen LogP contribution in [-0.2, 0) is 0 Å². The smallest absolute Gasteiger partial charge is 0.164 e. The number of hydrogen-bond acceptors (Lipinski definition) is 4. The van der Waals surface area contributed by atoms with Crippen molar-refractivity contribution < 1.29 is 4.42 Å². The summed E-state index contributed by atoms with van der Waals surface area (Å²) in [5.74, 6) is 1.86. The Labute approximate surface area is 294 Å². The van der Waals surface area contributed by atoms with E-state index in [1.165, 1.54) is 11.1 Å². The van der Waals surface area contributed by atoms with Crippen LogP contribution in [0, 0.1) is 0 Å². The number of fused-ring (bicyclic) bond motifs is 6. The van der Waals surface area contributed by atoms with Gasteiger partial charge in [0.1, 0.15) is 11.2 Å². The van der Waals surface area contributed by atoms with Gasteiger partial charge in [-0.3, -0.25) is 0 Å². The van der Waals surface area contributed by atoms with E-state index in [0.29, 0.717) is 17.5 Å². The average molecular weight is 652 g/mol. The van der Waals surface area contributed by atoms with Crippen LogP contribution in [0.25, 0.3) is 99.9 Å². The summed E-state index contributed by atoms with van der Waals surface area (Å²) in [4.78, 5) is 15.3. The lowest BCUT2D eigenvalue weighted by atomic mass is 9.96. The van der Waals surface area contributed by atoms with E-state index in [-0.39, 0.29) is 0 Å². The van der Waals surface area contributed by atoms with E-state index in [4.69, 9.17) is 19.4 Å². The SMILES string of the molecule is c1ccc(-c2ccc(-c3ccc4oc5cc(-c6nc(-c7ccccc7)nc(-c7cccc8ccccc78)n6)c6ccccc6c5c4c3)cc2)cc1. The van der Waals surface area contributed by atoms with E-state index < -0.39 is 0 Å². The molecular weight excluding hydrogens is 623 g/mol. The Morgan fingerprint density at radius 3 is 1.63 bits per heavy atom. The second-order valence-electron chi connectivity index (χ2n) is 12.8. The highest BCUT2D eigenvalue weighted by Crippen LogP contribution is 2.41. The van der Waals surface area contributed by atoms with Crippen LogP contribution in [-0.4, -0.2) is 15.0 Å². The van der Waals surface area contributed by atoms with Crippen molar-refractivity contribution in [1.82, 2.24) is 15.0 Å². The molecule has 10 aromatic rings. The Hall–Kier alpha value is -6.91. The summed E-state index contributed by atoms with van der Waals surface area (Å²) in [7, 11) is 0. The normalized spacial score (nSPS) is 11.5. The number of aromatic nitrogens is 3. The van der Waals surface area contributed by atoms with Crippen LogP contribution < -0.4 is 0 Å². The molecule has 4 heteroatoms. The third kappa shape index (κ3) is 5.04. The van der Waals surface area contributed by atoms with Crippen molar-refractivity contribution in [1.29, 1.82) is 0 Å². The van der Waals surface area contributed by atoms with Crippen molar-refractivity contribution in [3.8, 4) is 56.4 Å². The second kappa shape index (κ2) is 11.9. The number of nitrogens with zero attached hydrogens (tertiary/aromatic N) is 3. The molecule has 0 amide bonds. The molecule has 10 rings (SSSR count). The maximum atomic E-state index is 6.61. The van der Waals surface area contributed by atoms with Crippen molar-refractivity contribution in [2.45, 2.75) is 0 Å². The topological polar surface area (TPSA) is 51.8 Å². The molecule has 0 bridgehead atoms. The molecular formula is C47H29N3O. The van der Waals surface area contributed by atoms with Gasteiger partial charge >= 0.3 is 0 Å². The van der Waals surface area contributed by atoms with Crippen LogP contribution in [0.15, 0.2) is 180 Å². The summed E-state index contributed by atoms with van der Waals surface area (Å²) in [6.45, 7) is 0. The molecule has 0 unspecified atom stereocenters. The Bertz CT molecular complexity index is 2890. The molecule has 0 aliphatic heterocycles. The zero-order chi connectivity index (χ0) is 33.7. The molecule has 238 valence electrons. The van der Waals surface area contributed by atoms with Gasteiger partial charge in [-0.25, -0.2) is 15.0 Å². The summed E-state index contributed by atoms with van der Waals surface area (Å²) >= 11 is 0. The fourth-order valence-electron chi connectivity index (χ4n) is 7.24. The van der Waals surface area contributed by atoms with Crippen LogP contribution in [0.1, 0.15) is 0 Å². The monoisotopic (exact) mass is 651 g/mol. The lowest BCUT2D eigenvalue weighted by molar-refractivity contribution is 0.669. The summed E-state index contributed by atoms with van der Waals surface area (Å²) in [5, 5.41) is 6.54. The molecule has 0 saturated carbocycles. The van der Waals surface area contributed by atoms with E-state index in [9.17, 15) is 0 Å².